The number of likely N-dealkylation sites (tertiary alicyclic amines) is 1. The lowest BCUT2D eigenvalue weighted by molar-refractivity contribution is -0.142. The zero-order valence-corrected chi connectivity index (χ0v) is 18.4. The summed E-state index contributed by atoms with van der Waals surface area (Å²) in [7, 11) is 0. The van der Waals surface area contributed by atoms with E-state index in [2.05, 4.69) is 5.32 Å². The lowest BCUT2D eigenvalue weighted by atomic mass is 9.97. The number of urea groups is 1. The van der Waals surface area contributed by atoms with Gasteiger partial charge in [-0.2, -0.15) is 11.8 Å². The molecule has 3 heterocycles. The lowest BCUT2D eigenvalue weighted by Gasteiger charge is -2.38. The minimum atomic E-state index is -0.698. The summed E-state index contributed by atoms with van der Waals surface area (Å²) in [6.45, 7) is 2.58. The number of fused-ring (bicyclic) bond motifs is 1. The molecule has 3 amide bonds. The van der Waals surface area contributed by atoms with Crippen LogP contribution in [-0.2, 0) is 24.8 Å². The number of thioether (sulfide) groups is 1. The molecule has 1 aromatic rings. The Morgan fingerprint density at radius 1 is 1.16 bits per heavy atom. The second-order valence-electron chi connectivity index (χ2n) is 8.04. The molecule has 3 saturated heterocycles. The van der Waals surface area contributed by atoms with Gasteiger partial charge in [0.2, 0.25) is 5.91 Å². The third-order valence-corrected chi connectivity index (χ3v) is 7.02. The second-order valence-corrected chi connectivity index (χ2v) is 9.07. The van der Waals surface area contributed by atoms with Gasteiger partial charge < -0.3 is 24.6 Å². The third kappa shape index (κ3) is 5.39. The SMILES string of the molecule is O=C1COC2CCCN(C(=O)[C@H](CSCc3ccccc3)NC(=O)N3CCOCC3)[C@@H]12. The topological polar surface area (TPSA) is 88.2 Å². The molecule has 3 fully saturated rings. The van der Waals surface area contributed by atoms with Crippen LogP contribution in [0.1, 0.15) is 18.4 Å². The maximum Gasteiger partial charge on any atom is 0.318 e. The highest BCUT2D eigenvalue weighted by atomic mass is 32.2. The van der Waals surface area contributed by atoms with Gasteiger partial charge >= 0.3 is 6.03 Å². The molecule has 9 heteroatoms. The summed E-state index contributed by atoms with van der Waals surface area (Å²) in [5.74, 6) is 0.933. The molecule has 3 aliphatic rings. The zero-order valence-electron chi connectivity index (χ0n) is 17.5. The molecule has 168 valence electrons. The van der Waals surface area contributed by atoms with Gasteiger partial charge in [-0.25, -0.2) is 4.79 Å². The number of rotatable bonds is 6. The number of nitrogens with zero attached hydrogens (tertiary/aromatic N) is 2. The predicted molar refractivity (Wildman–Crippen MR) is 117 cm³/mol. The number of amides is 3. The molecule has 31 heavy (non-hydrogen) atoms. The Kier molecular flexibility index (Phi) is 7.47. The fourth-order valence-corrected chi connectivity index (χ4v) is 5.30. The maximum atomic E-state index is 13.5. The van der Waals surface area contributed by atoms with E-state index in [1.807, 2.05) is 30.3 Å². The highest BCUT2D eigenvalue weighted by Gasteiger charge is 2.45. The average Bonchev–Trinajstić information content (AvgIpc) is 3.20. The quantitative estimate of drug-likeness (QED) is 0.707. The summed E-state index contributed by atoms with van der Waals surface area (Å²) in [5.41, 5.74) is 1.16. The van der Waals surface area contributed by atoms with Crippen molar-refractivity contribution in [2.45, 2.75) is 36.8 Å². The first-order valence-corrected chi connectivity index (χ1v) is 12.0. The summed E-state index contributed by atoms with van der Waals surface area (Å²) in [6.07, 6.45) is 1.35. The molecule has 8 nitrogen and oxygen atoms in total. The molecule has 1 N–H and O–H groups in total. The Bertz CT molecular complexity index is 787. The first-order valence-electron chi connectivity index (χ1n) is 10.8. The molecule has 1 aromatic carbocycles. The monoisotopic (exact) mass is 447 g/mol. The Balaban J connectivity index is 1.44. The molecule has 0 bridgehead atoms. The van der Waals surface area contributed by atoms with Crippen LogP contribution in [0.3, 0.4) is 0 Å². The highest BCUT2D eigenvalue weighted by molar-refractivity contribution is 7.98. The van der Waals surface area contributed by atoms with Gasteiger partial charge in [-0.15, -0.1) is 0 Å². The van der Waals surface area contributed by atoms with Crippen LogP contribution in [-0.4, -0.2) is 90.9 Å². The molecular formula is C22H29N3O5S. The normalized spacial score (nSPS) is 24.6. The van der Waals surface area contributed by atoms with Crippen molar-refractivity contribution in [3.63, 3.8) is 0 Å². The summed E-state index contributed by atoms with van der Waals surface area (Å²) in [4.78, 5) is 42.0. The van der Waals surface area contributed by atoms with Crippen LogP contribution in [0.15, 0.2) is 30.3 Å². The van der Waals surface area contributed by atoms with Crippen LogP contribution in [0.5, 0.6) is 0 Å². The Hall–Kier alpha value is -2.10. The Morgan fingerprint density at radius 3 is 2.71 bits per heavy atom. The number of hydrogen-bond donors (Lipinski definition) is 1. The van der Waals surface area contributed by atoms with Gasteiger partial charge in [0.05, 0.1) is 19.3 Å². The molecule has 0 radical (unpaired) electrons. The largest absolute Gasteiger partial charge is 0.378 e. The third-order valence-electron chi connectivity index (χ3n) is 5.92. The van der Waals surface area contributed by atoms with E-state index in [0.29, 0.717) is 38.6 Å². The standard InChI is InChI=1S/C22H29N3O5S/c26-18-13-30-19-7-4-8-25(20(18)19)21(27)17(15-31-14-16-5-2-1-3-6-16)23-22(28)24-9-11-29-12-10-24/h1-3,5-6,17,19-20H,4,7-15H2,(H,23,28)/t17-,19?,20-/m0/s1. The number of nitrogens with one attached hydrogen (secondary N) is 1. The molecule has 0 spiro atoms. The van der Waals surface area contributed by atoms with E-state index >= 15 is 0 Å². The van der Waals surface area contributed by atoms with Crippen molar-refractivity contribution < 1.29 is 23.9 Å². The second kappa shape index (κ2) is 10.5. The van der Waals surface area contributed by atoms with E-state index in [9.17, 15) is 14.4 Å². The van der Waals surface area contributed by atoms with Gasteiger partial charge in [0.15, 0.2) is 5.78 Å². The van der Waals surface area contributed by atoms with Crippen LogP contribution >= 0.6 is 11.8 Å². The minimum absolute atomic E-state index is 0.0479. The number of hydrogen-bond acceptors (Lipinski definition) is 6. The number of ketones is 1. The number of piperidine rings is 1. The Labute approximate surface area is 186 Å². The summed E-state index contributed by atoms with van der Waals surface area (Å²) in [5, 5.41) is 2.93. The van der Waals surface area contributed by atoms with E-state index in [1.54, 1.807) is 21.6 Å². The van der Waals surface area contributed by atoms with E-state index in [0.717, 1.165) is 24.2 Å². The number of benzene rings is 1. The van der Waals surface area contributed by atoms with Crippen molar-refractivity contribution in [2.24, 2.45) is 0 Å². The van der Waals surface area contributed by atoms with Gasteiger partial charge in [0, 0.05) is 31.1 Å². The highest BCUT2D eigenvalue weighted by Crippen LogP contribution is 2.27. The number of carbonyl (C=O) groups is 3. The summed E-state index contributed by atoms with van der Waals surface area (Å²) in [6, 6.07) is 8.54. The fraction of sp³-hybridized carbons (Fsp3) is 0.591. The van der Waals surface area contributed by atoms with Crippen molar-refractivity contribution in [2.75, 3.05) is 45.2 Å². The van der Waals surface area contributed by atoms with Gasteiger partial charge in [0.25, 0.3) is 0 Å². The summed E-state index contributed by atoms with van der Waals surface area (Å²) >= 11 is 1.60. The van der Waals surface area contributed by atoms with Gasteiger partial charge in [-0.05, 0) is 18.4 Å². The fourth-order valence-electron chi connectivity index (χ4n) is 4.29. The number of morpholine rings is 1. The van der Waals surface area contributed by atoms with Crippen molar-refractivity contribution in [3.8, 4) is 0 Å². The van der Waals surface area contributed by atoms with E-state index in [1.165, 1.54) is 0 Å². The zero-order chi connectivity index (χ0) is 21.6. The first-order chi connectivity index (χ1) is 15.1. The Morgan fingerprint density at radius 2 is 1.94 bits per heavy atom. The number of ether oxygens (including phenoxy) is 2. The molecule has 1 unspecified atom stereocenters. The van der Waals surface area contributed by atoms with Crippen molar-refractivity contribution in [3.05, 3.63) is 35.9 Å². The maximum absolute atomic E-state index is 13.5. The predicted octanol–water partition coefficient (Wildman–Crippen LogP) is 1.29. The van der Waals surface area contributed by atoms with E-state index in [-0.39, 0.29) is 30.4 Å². The molecule has 3 aliphatic heterocycles. The van der Waals surface area contributed by atoms with E-state index in [4.69, 9.17) is 9.47 Å². The minimum Gasteiger partial charge on any atom is -0.378 e. The average molecular weight is 448 g/mol. The van der Waals surface area contributed by atoms with Crippen molar-refractivity contribution in [1.29, 1.82) is 0 Å². The van der Waals surface area contributed by atoms with Gasteiger partial charge in [-0.1, -0.05) is 30.3 Å². The molecule has 0 aromatic heterocycles. The molecule has 0 aliphatic carbocycles. The van der Waals surface area contributed by atoms with Crippen LogP contribution in [0.4, 0.5) is 4.79 Å². The van der Waals surface area contributed by atoms with Crippen molar-refractivity contribution in [1.82, 2.24) is 15.1 Å². The lowest BCUT2D eigenvalue weighted by Crippen LogP contribution is -2.60. The van der Waals surface area contributed by atoms with Crippen LogP contribution in [0, 0.1) is 0 Å². The van der Waals surface area contributed by atoms with Gasteiger partial charge in [-0.3, -0.25) is 9.59 Å². The molecular weight excluding hydrogens is 418 g/mol. The summed E-state index contributed by atoms with van der Waals surface area (Å²) < 4.78 is 10.9. The smallest absolute Gasteiger partial charge is 0.318 e. The van der Waals surface area contributed by atoms with Crippen molar-refractivity contribution >= 4 is 29.5 Å². The molecule has 4 rings (SSSR count). The van der Waals surface area contributed by atoms with Crippen LogP contribution < -0.4 is 5.32 Å². The van der Waals surface area contributed by atoms with Crippen LogP contribution in [0.2, 0.25) is 0 Å². The van der Waals surface area contributed by atoms with Gasteiger partial charge in [0.1, 0.15) is 18.7 Å². The molecule has 3 atom stereocenters. The molecule has 0 saturated carbocycles. The number of carbonyl (C=O) groups excluding carboxylic acids is 3. The van der Waals surface area contributed by atoms with Crippen LogP contribution in [0.25, 0.3) is 0 Å². The number of Topliss-reactive ketones (excluding diaryl/α,β-unsaturated/α-hetero) is 1. The van der Waals surface area contributed by atoms with E-state index < -0.39 is 12.1 Å². The first kappa shape index (κ1) is 22.1.